The van der Waals surface area contributed by atoms with Crippen molar-refractivity contribution in [2.24, 2.45) is 0 Å². The molecule has 2 aromatic carbocycles. The third kappa shape index (κ3) is 3.90. The number of nitrogens with zero attached hydrogens (tertiary/aromatic N) is 1. The molecular formula is C21H24N2O2. The first-order valence-corrected chi connectivity index (χ1v) is 8.75. The van der Waals surface area contributed by atoms with Crippen molar-refractivity contribution in [1.29, 1.82) is 0 Å². The van der Waals surface area contributed by atoms with Crippen molar-refractivity contribution in [3.8, 4) is 0 Å². The summed E-state index contributed by atoms with van der Waals surface area (Å²) < 4.78 is 0. The summed E-state index contributed by atoms with van der Waals surface area (Å²) >= 11 is 0. The largest absolute Gasteiger partial charge is 0.322 e. The normalized spacial score (nSPS) is 14.5. The molecule has 1 aliphatic heterocycles. The molecule has 0 radical (unpaired) electrons. The number of nitrogens with one attached hydrogen (secondary N) is 1. The zero-order chi connectivity index (χ0) is 18.0. The van der Waals surface area contributed by atoms with Crippen LogP contribution in [0.5, 0.6) is 0 Å². The number of aryl methyl sites for hydroxylation is 3. The van der Waals surface area contributed by atoms with Crippen molar-refractivity contribution in [3.05, 3.63) is 58.7 Å². The monoisotopic (exact) mass is 336 g/mol. The number of benzene rings is 2. The molecule has 0 aromatic heterocycles. The zero-order valence-corrected chi connectivity index (χ0v) is 15.1. The van der Waals surface area contributed by atoms with Gasteiger partial charge in [-0.2, -0.15) is 0 Å². The maximum absolute atomic E-state index is 12.5. The second-order valence-electron chi connectivity index (χ2n) is 6.83. The predicted octanol–water partition coefficient (Wildman–Crippen LogP) is 4.38. The molecule has 0 spiro atoms. The van der Waals surface area contributed by atoms with Gasteiger partial charge in [-0.3, -0.25) is 9.59 Å². The van der Waals surface area contributed by atoms with E-state index in [1.807, 2.05) is 62.1 Å². The highest BCUT2D eigenvalue weighted by Crippen LogP contribution is 2.27. The molecule has 130 valence electrons. The van der Waals surface area contributed by atoms with Crippen molar-refractivity contribution in [2.45, 2.75) is 40.0 Å². The van der Waals surface area contributed by atoms with E-state index < -0.39 is 0 Å². The van der Waals surface area contributed by atoms with Gasteiger partial charge in [0, 0.05) is 29.9 Å². The molecule has 0 saturated carbocycles. The molecule has 2 aromatic rings. The summed E-state index contributed by atoms with van der Waals surface area (Å²) in [5, 5.41) is 2.95. The average molecular weight is 336 g/mol. The fourth-order valence-electron chi connectivity index (χ4n) is 3.41. The van der Waals surface area contributed by atoms with E-state index in [2.05, 4.69) is 5.32 Å². The SMILES string of the molecule is Cc1cc(C)cc(C(=O)Nc2ccc(N3CCCCC3=O)c(C)c2)c1. The standard InChI is InChI=1S/C21H24N2O2/c1-14-10-15(2)12-17(11-14)21(25)22-18-7-8-19(16(3)13-18)23-9-5-4-6-20(23)24/h7-8,10-13H,4-6,9H2,1-3H3,(H,22,25). The molecule has 1 N–H and O–H groups in total. The van der Waals surface area contributed by atoms with E-state index in [0.29, 0.717) is 12.0 Å². The van der Waals surface area contributed by atoms with E-state index in [-0.39, 0.29) is 11.8 Å². The predicted molar refractivity (Wildman–Crippen MR) is 101 cm³/mol. The van der Waals surface area contributed by atoms with Crippen molar-refractivity contribution >= 4 is 23.2 Å². The van der Waals surface area contributed by atoms with Gasteiger partial charge in [-0.15, -0.1) is 0 Å². The highest BCUT2D eigenvalue weighted by atomic mass is 16.2. The number of rotatable bonds is 3. The van der Waals surface area contributed by atoms with Crippen LogP contribution in [-0.2, 0) is 4.79 Å². The first-order valence-electron chi connectivity index (χ1n) is 8.75. The van der Waals surface area contributed by atoms with Gasteiger partial charge in [0.05, 0.1) is 0 Å². The lowest BCUT2D eigenvalue weighted by molar-refractivity contribution is -0.119. The first-order chi connectivity index (χ1) is 11.9. The van der Waals surface area contributed by atoms with Crippen LogP contribution in [0.15, 0.2) is 36.4 Å². The highest BCUT2D eigenvalue weighted by molar-refractivity contribution is 6.05. The molecule has 4 nitrogen and oxygen atoms in total. The third-order valence-corrected chi connectivity index (χ3v) is 4.55. The Morgan fingerprint density at radius 2 is 1.72 bits per heavy atom. The van der Waals surface area contributed by atoms with E-state index in [1.165, 1.54) is 0 Å². The van der Waals surface area contributed by atoms with E-state index >= 15 is 0 Å². The number of carbonyl (C=O) groups is 2. The lowest BCUT2D eigenvalue weighted by atomic mass is 10.1. The van der Waals surface area contributed by atoms with Gasteiger partial charge in [-0.25, -0.2) is 0 Å². The van der Waals surface area contributed by atoms with Gasteiger partial charge in [0.25, 0.3) is 5.91 Å². The summed E-state index contributed by atoms with van der Waals surface area (Å²) in [6.07, 6.45) is 2.62. The lowest BCUT2D eigenvalue weighted by Crippen LogP contribution is -2.35. The molecule has 0 unspecified atom stereocenters. The van der Waals surface area contributed by atoms with Crippen molar-refractivity contribution < 1.29 is 9.59 Å². The molecule has 1 fully saturated rings. The Balaban J connectivity index is 1.78. The number of hydrogen-bond acceptors (Lipinski definition) is 2. The van der Waals surface area contributed by atoms with Crippen LogP contribution >= 0.6 is 0 Å². The minimum Gasteiger partial charge on any atom is -0.322 e. The smallest absolute Gasteiger partial charge is 0.255 e. The van der Waals surface area contributed by atoms with Crippen molar-refractivity contribution in [1.82, 2.24) is 0 Å². The Labute approximate surface area is 148 Å². The molecule has 25 heavy (non-hydrogen) atoms. The van der Waals surface area contributed by atoms with Gasteiger partial charge in [-0.1, -0.05) is 17.2 Å². The molecule has 4 heteroatoms. The van der Waals surface area contributed by atoms with Crippen LogP contribution in [0.25, 0.3) is 0 Å². The number of carbonyl (C=O) groups excluding carboxylic acids is 2. The molecule has 3 rings (SSSR count). The van der Waals surface area contributed by atoms with Crippen LogP contribution in [-0.4, -0.2) is 18.4 Å². The summed E-state index contributed by atoms with van der Waals surface area (Å²) in [6, 6.07) is 11.5. The summed E-state index contributed by atoms with van der Waals surface area (Å²) in [7, 11) is 0. The Hall–Kier alpha value is -2.62. The number of amides is 2. The van der Waals surface area contributed by atoms with Crippen LogP contribution < -0.4 is 10.2 Å². The topological polar surface area (TPSA) is 49.4 Å². The van der Waals surface area contributed by atoms with Gasteiger partial charge in [0.2, 0.25) is 5.91 Å². The summed E-state index contributed by atoms with van der Waals surface area (Å²) in [5.74, 6) is 0.0642. The molecule has 1 aliphatic rings. The molecule has 0 aliphatic carbocycles. The Morgan fingerprint density at radius 3 is 2.36 bits per heavy atom. The summed E-state index contributed by atoms with van der Waals surface area (Å²) in [4.78, 5) is 26.5. The maximum Gasteiger partial charge on any atom is 0.255 e. The van der Waals surface area contributed by atoms with Gasteiger partial charge >= 0.3 is 0 Å². The van der Waals surface area contributed by atoms with Gasteiger partial charge in [-0.05, 0) is 69.5 Å². The second kappa shape index (κ2) is 7.09. The molecule has 1 saturated heterocycles. The van der Waals surface area contributed by atoms with E-state index in [1.54, 1.807) is 0 Å². The highest BCUT2D eigenvalue weighted by Gasteiger charge is 2.21. The number of piperidine rings is 1. The van der Waals surface area contributed by atoms with Crippen LogP contribution in [0, 0.1) is 20.8 Å². The second-order valence-corrected chi connectivity index (χ2v) is 6.83. The Morgan fingerprint density at radius 1 is 1.00 bits per heavy atom. The van der Waals surface area contributed by atoms with Crippen LogP contribution in [0.2, 0.25) is 0 Å². The fraction of sp³-hybridized carbons (Fsp3) is 0.333. The number of anilines is 2. The van der Waals surface area contributed by atoms with Crippen LogP contribution in [0.3, 0.4) is 0 Å². The van der Waals surface area contributed by atoms with Gasteiger partial charge < -0.3 is 10.2 Å². The summed E-state index contributed by atoms with van der Waals surface area (Å²) in [6.45, 7) is 6.72. The maximum atomic E-state index is 12.5. The van der Waals surface area contributed by atoms with E-state index in [0.717, 1.165) is 47.5 Å². The van der Waals surface area contributed by atoms with E-state index in [9.17, 15) is 9.59 Å². The van der Waals surface area contributed by atoms with Gasteiger partial charge in [0.1, 0.15) is 0 Å². The summed E-state index contributed by atoms with van der Waals surface area (Å²) in [5.41, 5.74) is 5.48. The third-order valence-electron chi connectivity index (χ3n) is 4.55. The minimum absolute atomic E-state index is 0.118. The van der Waals surface area contributed by atoms with Crippen LogP contribution in [0.1, 0.15) is 46.3 Å². The van der Waals surface area contributed by atoms with Crippen molar-refractivity contribution in [3.63, 3.8) is 0 Å². The molecule has 0 atom stereocenters. The zero-order valence-electron chi connectivity index (χ0n) is 15.1. The minimum atomic E-state index is -0.118. The molecule has 2 amide bonds. The lowest BCUT2D eigenvalue weighted by Gasteiger charge is -2.28. The Bertz CT molecular complexity index is 806. The Kier molecular flexibility index (Phi) is 4.88. The fourth-order valence-corrected chi connectivity index (χ4v) is 3.41. The van der Waals surface area contributed by atoms with Crippen LogP contribution in [0.4, 0.5) is 11.4 Å². The first kappa shape index (κ1) is 17.2. The molecule has 1 heterocycles. The average Bonchev–Trinajstić information content (AvgIpc) is 2.55. The van der Waals surface area contributed by atoms with Crippen molar-refractivity contribution in [2.75, 3.05) is 16.8 Å². The molecule has 0 bridgehead atoms. The number of hydrogen-bond donors (Lipinski definition) is 1. The molecular weight excluding hydrogens is 312 g/mol. The quantitative estimate of drug-likeness (QED) is 0.904. The van der Waals surface area contributed by atoms with Gasteiger partial charge in [0.15, 0.2) is 0 Å². The van der Waals surface area contributed by atoms with E-state index in [4.69, 9.17) is 0 Å².